The second-order valence-corrected chi connectivity index (χ2v) is 6.08. The summed E-state index contributed by atoms with van der Waals surface area (Å²) in [6, 6.07) is 0. The van der Waals surface area contributed by atoms with Gasteiger partial charge in [-0.25, -0.2) is 4.98 Å². The fourth-order valence-electron chi connectivity index (χ4n) is 2.87. The van der Waals surface area contributed by atoms with Crippen LogP contribution in [0.5, 0.6) is 0 Å². The normalized spacial score (nSPS) is 19.9. The number of aryl methyl sites for hydroxylation is 1. The molecular formula is C15H27N5. The van der Waals surface area contributed by atoms with E-state index in [9.17, 15) is 0 Å². The molecular weight excluding hydrogens is 250 g/mol. The highest BCUT2D eigenvalue weighted by Gasteiger charge is 2.16. The van der Waals surface area contributed by atoms with Gasteiger partial charge in [-0.05, 0) is 45.7 Å². The SMILES string of the molecule is Cc1cnc(NCC[C@@H]2CCCN(C)C2)nc1N(C)C. The minimum Gasteiger partial charge on any atom is -0.362 e. The molecule has 0 bridgehead atoms. The third-order valence-electron chi connectivity index (χ3n) is 3.93. The van der Waals surface area contributed by atoms with Crippen LogP contribution in [-0.2, 0) is 0 Å². The molecule has 0 saturated carbocycles. The number of likely N-dealkylation sites (tertiary alicyclic amines) is 1. The van der Waals surface area contributed by atoms with Crippen LogP contribution in [0.25, 0.3) is 0 Å². The van der Waals surface area contributed by atoms with Crippen LogP contribution >= 0.6 is 0 Å². The number of hydrogen-bond acceptors (Lipinski definition) is 5. The number of piperidine rings is 1. The van der Waals surface area contributed by atoms with E-state index in [1.54, 1.807) is 0 Å². The van der Waals surface area contributed by atoms with Crippen molar-refractivity contribution in [3.05, 3.63) is 11.8 Å². The lowest BCUT2D eigenvalue weighted by Crippen LogP contribution is -2.32. The molecule has 0 amide bonds. The van der Waals surface area contributed by atoms with E-state index in [0.29, 0.717) is 0 Å². The molecule has 1 fully saturated rings. The molecule has 1 saturated heterocycles. The quantitative estimate of drug-likeness (QED) is 0.892. The van der Waals surface area contributed by atoms with Crippen molar-refractivity contribution in [1.82, 2.24) is 14.9 Å². The lowest BCUT2D eigenvalue weighted by atomic mass is 9.95. The molecule has 5 heteroatoms. The van der Waals surface area contributed by atoms with Gasteiger partial charge < -0.3 is 15.1 Å². The van der Waals surface area contributed by atoms with Gasteiger partial charge in [0, 0.05) is 38.9 Å². The molecule has 20 heavy (non-hydrogen) atoms. The lowest BCUT2D eigenvalue weighted by Gasteiger charge is -2.29. The monoisotopic (exact) mass is 277 g/mol. The van der Waals surface area contributed by atoms with Crippen molar-refractivity contribution in [2.45, 2.75) is 26.2 Å². The van der Waals surface area contributed by atoms with Crippen LogP contribution < -0.4 is 10.2 Å². The number of rotatable bonds is 5. The zero-order valence-corrected chi connectivity index (χ0v) is 13.2. The van der Waals surface area contributed by atoms with Gasteiger partial charge in [-0.3, -0.25) is 0 Å². The maximum Gasteiger partial charge on any atom is 0.224 e. The van der Waals surface area contributed by atoms with E-state index in [1.165, 1.54) is 32.4 Å². The van der Waals surface area contributed by atoms with E-state index in [0.717, 1.165) is 29.8 Å². The van der Waals surface area contributed by atoms with Crippen molar-refractivity contribution in [3.63, 3.8) is 0 Å². The number of aromatic nitrogens is 2. The smallest absolute Gasteiger partial charge is 0.224 e. The van der Waals surface area contributed by atoms with Crippen LogP contribution in [0.15, 0.2) is 6.20 Å². The Morgan fingerprint density at radius 1 is 1.45 bits per heavy atom. The molecule has 1 aromatic rings. The third-order valence-corrected chi connectivity index (χ3v) is 3.93. The Bertz CT molecular complexity index is 432. The van der Waals surface area contributed by atoms with E-state index in [1.807, 2.05) is 32.1 Å². The Morgan fingerprint density at radius 3 is 2.95 bits per heavy atom. The molecule has 0 radical (unpaired) electrons. The van der Waals surface area contributed by atoms with Gasteiger partial charge in [0.05, 0.1) is 0 Å². The fraction of sp³-hybridized carbons (Fsp3) is 0.733. The highest BCUT2D eigenvalue weighted by molar-refractivity contribution is 5.47. The van der Waals surface area contributed by atoms with Gasteiger partial charge >= 0.3 is 0 Å². The molecule has 0 unspecified atom stereocenters. The summed E-state index contributed by atoms with van der Waals surface area (Å²) in [6.07, 6.45) is 5.76. The van der Waals surface area contributed by atoms with Gasteiger partial charge in [-0.1, -0.05) is 0 Å². The Hall–Kier alpha value is -1.36. The average Bonchev–Trinajstić information content (AvgIpc) is 2.40. The summed E-state index contributed by atoms with van der Waals surface area (Å²) in [5.74, 6) is 2.53. The summed E-state index contributed by atoms with van der Waals surface area (Å²) in [5.41, 5.74) is 1.11. The standard InChI is InChI=1S/C15H27N5/c1-12-10-17-15(18-14(12)19(2)3)16-8-7-13-6-5-9-20(4)11-13/h10,13H,5-9,11H2,1-4H3,(H,16,17,18)/t13-/m0/s1. The Kier molecular flexibility index (Phi) is 5.17. The largest absolute Gasteiger partial charge is 0.362 e. The maximum absolute atomic E-state index is 4.56. The van der Waals surface area contributed by atoms with Gasteiger partial charge in [-0.2, -0.15) is 4.98 Å². The van der Waals surface area contributed by atoms with E-state index in [-0.39, 0.29) is 0 Å². The Labute approximate surface area is 122 Å². The fourth-order valence-corrected chi connectivity index (χ4v) is 2.87. The molecule has 1 N–H and O–H groups in total. The zero-order valence-electron chi connectivity index (χ0n) is 13.2. The highest BCUT2D eigenvalue weighted by atomic mass is 15.2. The highest BCUT2D eigenvalue weighted by Crippen LogP contribution is 2.19. The van der Waals surface area contributed by atoms with Crippen LogP contribution in [-0.4, -0.2) is 55.6 Å². The van der Waals surface area contributed by atoms with Crippen LogP contribution in [0.4, 0.5) is 11.8 Å². The van der Waals surface area contributed by atoms with E-state index < -0.39 is 0 Å². The average molecular weight is 277 g/mol. The van der Waals surface area contributed by atoms with Crippen molar-refractivity contribution in [3.8, 4) is 0 Å². The number of nitrogens with one attached hydrogen (secondary N) is 1. The first-order valence-corrected chi connectivity index (χ1v) is 7.49. The molecule has 0 aromatic carbocycles. The zero-order chi connectivity index (χ0) is 14.5. The molecule has 112 valence electrons. The third kappa shape index (κ3) is 4.07. The van der Waals surface area contributed by atoms with Crippen molar-refractivity contribution in [1.29, 1.82) is 0 Å². The first-order valence-electron chi connectivity index (χ1n) is 7.49. The summed E-state index contributed by atoms with van der Waals surface area (Å²) in [4.78, 5) is 13.4. The topological polar surface area (TPSA) is 44.3 Å². The summed E-state index contributed by atoms with van der Waals surface area (Å²) in [7, 11) is 6.24. The molecule has 5 nitrogen and oxygen atoms in total. The Morgan fingerprint density at radius 2 is 2.25 bits per heavy atom. The predicted octanol–water partition coefficient (Wildman–Crippen LogP) is 1.99. The predicted molar refractivity (Wildman–Crippen MR) is 84.4 cm³/mol. The molecule has 0 spiro atoms. The van der Waals surface area contributed by atoms with Gasteiger partial charge in [-0.15, -0.1) is 0 Å². The van der Waals surface area contributed by atoms with E-state index >= 15 is 0 Å². The van der Waals surface area contributed by atoms with Crippen molar-refractivity contribution < 1.29 is 0 Å². The second kappa shape index (κ2) is 6.88. The first kappa shape index (κ1) is 15.0. The summed E-state index contributed by atoms with van der Waals surface area (Å²) < 4.78 is 0. The minimum absolute atomic E-state index is 0.739. The number of nitrogens with zero attached hydrogens (tertiary/aromatic N) is 4. The van der Waals surface area contributed by atoms with Crippen LogP contribution in [0, 0.1) is 12.8 Å². The van der Waals surface area contributed by atoms with Crippen molar-refractivity contribution in [2.75, 3.05) is 51.0 Å². The number of anilines is 2. The summed E-state index contributed by atoms with van der Waals surface area (Å²) >= 11 is 0. The molecule has 2 heterocycles. The van der Waals surface area contributed by atoms with Gasteiger partial charge in [0.15, 0.2) is 0 Å². The molecule has 1 aliphatic heterocycles. The van der Waals surface area contributed by atoms with Crippen molar-refractivity contribution >= 4 is 11.8 Å². The van der Waals surface area contributed by atoms with Gasteiger partial charge in [0.1, 0.15) is 5.82 Å². The molecule has 2 rings (SSSR count). The Balaban J connectivity index is 1.83. The molecule has 1 atom stereocenters. The van der Waals surface area contributed by atoms with Gasteiger partial charge in [0.25, 0.3) is 0 Å². The second-order valence-electron chi connectivity index (χ2n) is 6.08. The van der Waals surface area contributed by atoms with Crippen molar-refractivity contribution in [2.24, 2.45) is 5.92 Å². The summed E-state index contributed by atoms with van der Waals surface area (Å²) in [6.45, 7) is 5.46. The first-order chi connectivity index (χ1) is 9.56. The number of hydrogen-bond donors (Lipinski definition) is 1. The van der Waals surface area contributed by atoms with Crippen LogP contribution in [0.2, 0.25) is 0 Å². The molecule has 1 aromatic heterocycles. The molecule has 0 aliphatic carbocycles. The minimum atomic E-state index is 0.739. The molecule has 1 aliphatic rings. The van der Waals surface area contributed by atoms with Gasteiger partial charge in [0.2, 0.25) is 5.95 Å². The maximum atomic E-state index is 4.56. The van der Waals surface area contributed by atoms with Crippen LogP contribution in [0.3, 0.4) is 0 Å². The van der Waals surface area contributed by atoms with E-state index in [2.05, 4.69) is 27.2 Å². The van der Waals surface area contributed by atoms with E-state index in [4.69, 9.17) is 0 Å². The summed E-state index contributed by atoms with van der Waals surface area (Å²) in [5, 5.41) is 3.36. The lowest BCUT2D eigenvalue weighted by molar-refractivity contribution is 0.205. The van der Waals surface area contributed by atoms with Crippen LogP contribution in [0.1, 0.15) is 24.8 Å².